The fourth-order valence-corrected chi connectivity index (χ4v) is 2.70. The number of ether oxygens (including phenoxy) is 1. The van der Waals surface area contributed by atoms with Gasteiger partial charge in [0.1, 0.15) is 6.04 Å². The van der Waals surface area contributed by atoms with Gasteiger partial charge in [-0.05, 0) is 48.7 Å². The van der Waals surface area contributed by atoms with E-state index in [0.717, 1.165) is 6.07 Å². The first-order valence-electron chi connectivity index (χ1n) is 9.25. The third-order valence-corrected chi connectivity index (χ3v) is 4.31. The van der Waals surface area contributed by atoms with E-state index in [2.05, 4.69) is 5.32 Å². The average Bonchev–Trinajstić information content (AvgIpc) is 2.72. The molecule has 2 aromatic carbocycles. The van der Waals surface area contributed by atoms with Crippen molar-refractivity contribution in [3.05, 3.63) is 64.4 Å². The van der Waals surface area contributed by atoms with Crippen LogP contribution in [0.25, 0.3) is 0 Å². The summed E-state index contributed by atoms with van der Waals surface area (Å²) in [5, 5.41) is 4.97. The lowest BCUT2D eigenvalue weighted by atomic mass is 10.0. The van der Waals surface area contributed by atoms with Gasteiger partial charge in [-0.2, -0.15) is 0 Å². The van der Waals surface area contributed by atoms with Crippen molar-refractivity contribution < 1.29 is 32.3 Å². The highest BCUT2D eigenvalue weighted by atomic mass is 35.5. The predicted molar refractivity (Wildman–Crippen MR) is 108 cm³/mol. The van der Waals surface area contributed by atoms with Gasteiger partial charge >= 0.3 is 5.97 Å². The third kappa shape index (κ3) is 6.99. The number of nitrogens with one attached hydrogen (secondary N) is 2. The number of rotatable bonds is 8. The Hall–Kier alpha value is -3.07. The SMILES string of the molecule is CC(C)CC(NC(=O)c1ccc(Cl)cc1)C(=O)OCC(=O)Nc1ccc(F)c(F)c1F. The molecule has 1 atom stereocenters. The molecule has 0 aliphatic carbocycles. The molecule has 0 bridgehead atoms. The summed E-state index contributed by atoms with van der Waals surface area (Å²) in [6, 6.07) is 6.45. The van der Waals surface area contributed by atoms with Gasteiger partial charge in [-0.15, -0.1) is 0 Å². The quantitative estimate of drug-likeness (QED) is 0.463. The minimum absolute atomic E-state index is 0.00757. The second-order valence-electron chi connectivity index (χ2n) is 7.04. The van der Waals surface area contributed by atoms with Gasteiger partial charge < -0.3 is 15.4 Å². The molecule has 0 saturated carbocycles. The monoisotopic (exact) mass is 456 g/mol. The number of amides is 2. The maximum atomic E-state index is 13.6. The summed E-state index contributed by atoms with van der Waals surface area (Å²) >= 11 is 5.79. The smallest absolute Gasteiger partial charge is 0.329 e. The number of hydrogen-bond acceptors (Lipinski definition) is 4. The van der Waals surface area contributed by atoms with Crippen LogP contribution in [0, 0.1) is 23.4 Å². The molecule has 1 unspecified atom stereocenters. The van der Waals surface area contributed by atoms with Gasteiger partial charge in [0, 0.05) is 10.6 Å². The first-order valence-corrected chi connectivity index (χ1v) is 9.62. The topological polar surface area (TPSA) is 84.5 Å². The number of anilines is 1. The van der Waals surface area contributed by atoms with Gasteiger partial charge in [0.15, 0.2) is 24.1 Å². The predicted octanol–water partition coefficient (Wildman–Crippen LogP) is 4.08. The van der Waals surface area contributed by atoms with E-state index in [9.17, 15) is 27.6 Å². The Labute approximate surface area is 181 Å². The Morgan fingerprint density at radius 1 is 1.00 bits per heavy atom. The second kappa shape index (κ2) is 10.8. The molecule has 0 aliphatic rings. The van der Waals surface area contributed by atoms with E-state index in [1.165, 1.54) is 24.3 Å². The molecule has 0 saturated heterocycles. The lowest BCUT2D eigenvalue weighted by Crippen LogP contribution is -2.43. The largest absolute Gasteiger partial charge is 0.454 e. The molecule has 166 valence electrons. The number of carbonyl (C=O) groups is 3. The van der Waals surface area contributed by atoms with Crippen molar-refractivity contribution in [1.82, 2.24) is 5.32 Å². The second-order valence-corrected chi connectivity index (χ2v) is 7.48. The van der Waals surface area contributed by atoms with Crippen LogP contribution in [-0.2, 0) is 14.3 Å². The molecule has 0 fully saturated rings. The van der Waals surface area contributed by atoms with Crippen LogP contribution in [0.15, 0.2) is 36.4 Å². The summed E-state index contributed by atoms with van der Waals surface area (Å²) in [6.45, 7) is 2.84. The highest BCUT2D eigenvalue weighted by Crippen LogP contribution is 2.19. The summed E-state index contributed by atoms with van der Waals surface area (Å²) in [7, 11) is 0. The summed E-state index contributed by atoms with van der Waals surface area (Å²) in [5.41, 5.74) is -0.327. The summed E-state index contributed by atoms with van der Waals surface area (Å²) in [4.78, 5) is 36.7. The van der Waals surface area contributed by atoms with Crippen LogP contribution >= 0.6 is 11.6 Å². The lowest BCUT2D eigenvalue weighted by molar-refractivity contribution is -0.149. The van der Waals surface area contributed by atoms with Gasteiger partial charge in [0.25, 0.3) is 11.8 Å². The molecular weight excluding hydrogens is 437 g/mol. The maximum absolute atomic E-state index is 13.6. The number of benzene rings is 2. The maximum Gasteiger partial charge on any atom is 0.329 e. The fraction of sp³-hybridized carbons (Fsp3) is 0.286. The van der Waals surface area contributed by atoms with Gasteiger partial charge in [0.05, 0.1) is 5.69 Å². The Balaban J connectivity index is 1.98. The molecule has 2 amide bonds. The molecule has 31 heavy (non-hydrogen) atoms. The minimum Gasteiger partial charge on any atom is -0.454 e. The van der Waals surface area contributed by atoms with E-state index >= 15 is 0 Å². The zero-order chi connectivity index (χ0) is 23.1. The van der Waals surface area contributed by atoms with Crippen LogP contribution in [-0.4, -0.2) is 30.4 Å². The van der Waals surface area contributed by atoms with Gasteiger partial charge in [-0.25, -0.2) is 18.0 Å². The molecular formula is C21H20ClF3N2O4. The molecule has 0 aromatic heterocycles. The molecule has 2 rings (SSSR count). The molecule has 6 nitrogen and oxygen atoms in total. The molecule has 0 heterocycles. The fourth-order valence-electron chi connectivity index (χ4n) is 2.57. The van der Waals surface area contributed by atoms with E-state index in [1.807, 2.05) is 19.2 Å². The average molecular weight is 457 g/mol. The number of halogens is 4. The van der Waals surface area contributed by atoms with Crippen molar-refractivity contribution in [1.29, 1.82) is 0 Å². The zero-order valence-electron chi connectivity index (χ0n) is 16.7. The van der Waals surface area contributed by atoms with E-state index in [0.29, 0.717) is 11.1 Å². The Bertz CT molecular complexity index is 968. The van der Waals surface area contributed by atoms with Crippen molar-refractivity contribution in [3.63, 3.8) is 0 Å². The first-order chi connectivity index (χ1) is 14.6. The van der Waals surface area contributed by atoms with Crippen LogP contribution in [0.4, 0.5) is 18.9 Å². The Morgan fingerprint density at radius 3 is 2.26 bits per heavy atom. The van der Waals surface area contributed by atoms with E-state index in [4.69, 9.17) is 16.3 Å². The molecule has 0 spiro atoms. The molecule has 10 heteroatoms. The van der Waals surface area contributed by atoms with Crippen LogP contribution in [0.1, 0.15) is 30.6 Å². The van der Waals surface area contributed by atoms with Crippen molar-refractivity contribution in [3.8, 4) is 0 Å². The van der Waals surface area contributed by atoms with Crippen LogP contribution < -0.4 is 10.6 Å². The van der Waals surface area contributed by atoms with Crippen LogP contribution in [0.2, 0.25) is 5.02 Å². The molecule has 0 aliphatic heterocycles. The lowest BCUT2D eigenvalue weighted by Gasteiger charge is -2.19. The van der Waals surface area contributed by atoms with Crippen molar-refractivity contribution in [2.75, 3.05) is 11.9 Å². The molecule has 2 N–H and O–H groups in total. The van der Waals surface area contributed by atoms with Crippen molar-refractivity contribution in [2.45, 2.75) is 26.3 Å². The summed E-state index contributed by atoms with van der Waals surface area (Å²) in [6.07, 6.45) is 0.234. The molecule has 0 radical (unpaired) electrons. The zero-order valence-corrected chi connectivity index (χ0v) is 17.4. The van der Waals surface area contributed by atoms with E-state index in [1.54, 1.807) is 0 Å². The number of esters is 1. The first kappa shape index (κ1) is 24.2. The third-order valence-electron chi connectivity index (χ3n) is 4.06. The minimum atomic E-state index is -1.74. The van der Waals surface area contributed by atoms with Crippen molar-refractivity contribution in [2.24, 2.45) is 5.92 Å². The number of hydrogen-bond donors (Lipinski definition) is 2. The summed E-state index contributed by atoms with van der Waals surface area (Å²) in [5.74, 6) is -7.09. The van der Waals surface area contributed by atoms with E-state index in [-0.39, 0.29) is 17.9 Å². The van der Waals surface area contributed by atoms with Crippen LogP contribution in [0.5, 0.6) is 0 Å². The standard InChI is InChI=1S/C21H20ClF3N2O4/c1-11(2)9-16(27-20(29)12-3-5-13(22)6-4-12)21(30)31-10-17(28)26-15-8-7-14(23)18(24)19(15)25/h3-8,11,16H,9-10H2,1-2H3,(H,26,28)(H,27,29). The Kier molecular flexibility index (Phi) is 8.44. The van der Waals surface area contributed by atoms with Crippen molar-refractivity contribution >= 4 is 35.1 Å². The van der Waals surface area contributed by atoms with Crippen LogP contribution in [0.3, 0.4) is 0 Å². The highest BCUT2D eigenvalue weighted by molar-refractivity contribution is 6.30. The normalized spacial score (nSPS) is 11.7. The highest BCUT2D eigenvalue weighted by Gasteiger charge is 2.25. The Morgan fingerprint density at radius 2 is 1.65 bits per heavy atom. The summed E-state index contributed by atoms with van der Waals surface area (Å²) < 4.78 is 44.7. The van der Waals surface area contributed by atoms with Gasteiger partial charge in [-0.3, -0.25) is 9.59 Å². The molecule has 2 aromatic rings. The number of carbonyl (C=O) groups excluding carboxylic acids is 3. The van der Waals surface area contributed by atoms with Gasteiger partial charge in [-0.1, -0.05) is 25.4 Å². The van der Waals surface area contributed by atoms with E-state index < -0.39 is 53.6 Å². The van der Waals surface area contributed by atoms with Gasteiger partial charge in [0.2, 0.25) is 0 Å².